The van der Waals surface area contributed by atoms with Gasteiger partial charge in [-0.15, -0.1) is 0 Å². The number of hydrogen-bond donors (Lipinski definition) is 1. The van der Waals surface area contributed by atoms with Crippen LogP contribution >= 0.6 is 15.9 Å². The van der Waals surface area contributed by atoms with Gasteiger partial charge in [-0.25, -0.2) is 13.1 Å². The number of rotatable bonds is 5. The summed E-state index contributed by atoms with van der Waals surface area (Å²) in [5.74, 6) is -0.153. The van der Waals surface area contributed by atoms with Crippen LogP contribution in [0.1, 0.15) is 28.8 Å². The first-order chi connectivity index (χ1) is 12.9. The molecule has 2 aromatic carbocycles. The third kappa shape index (κ3) is 4.38. The number of sulfonamides is 1. The molecule has 6 nitrogen and oxygen atoms in total. The number of anilines is 1. The fourth-order valence-electron chi connectivity index (χ4n) is 3.03. The van der Waals surface area contributed by atoms with Gasteiger partial charge in [-0.2, -0.15) is 5.26 Å². The van der Waals surface area contributed by atoms with Gasteiger partial charge in [-0.3, -0.25) is 4.79 Å². The topological polar surface area (TPSA) is 90.3 Å². The van der Waals surface area contributed by atoms with Gasteiger partial charge in [0.25, 0.3) is 5.91 Å². The van der Waals surface area contributed by atoms with E-state index in [1.54, 1.807) is 4.90 Å². The van der Waals surface area contributed by atoms with E-state index in [0.717, 1.165) is 28.6 Å². The van der Waals surface area contributed by atoms with E-state index in [0.29, 0.717) is 12.1 Å². The largest absolute Gasteiger partial charge is 0.308 e. The molecule has 1 amide bonds. The number of halogens is 1. The molecule has 8 heteroatoms. The highest BCUT2D eigenvalue weighted by Gasteiger charge is 2.24. The molecule has 1 N–H and O–H groups in total. The van der Waals surface area contributed by atoms with Crippen LogP contribution in [0.3, 0.4) is 0 Å². The molecule has 27 heavy (non-hydrogen) atoms. The summed E-state index contributed by atoms with van der Waals surface area (Å²) in [6.07, 6.45) is 1.90. The zero-order valence-electron chi connectivity index (χ0n) is 14.5. The van der Waals surface area contributed by atoms with Crippen LogP contribution in [0.5, 0.6) is 0 Å². The summed E-state index contributed by atoms with van der Waals surface area (Å²) in [6.45, 7) is 0.683. The van der Waals surface area contributed by atoms with Crippen molar-refractivity contribution in [2.24, 2.45) is 0 Å². The van der Waals surface area contributed by atoms with Crippen molar-refractivity contribution in [2.75, 3.05) is 18.0 Å². The van der Waals surface area contributed by atoms with Crippen molar-refractivity contribution >= 4 is 37.5 Å². The zero-order valence-corrected chi connectivity index (χ0v) is 16.9. The number of fused-ring (bicyclic) bond motifs is 1. The van der Waals surface area contributed by atoms with Crippen molar-refractivity contribution in [2.45, 2.75) is 24.2 Å². The van der Waals surface area contributed by atoms with E-state index in [1.165, 1.54) is 24.3 Å². The zero-order chi connectivity index (χ0) is 19.4. The van der Waals surface area contributed by atoms with E-state index in [2.05, 4.69) is 20.7 Å². The van der Waals surface area contributed by atoms with Gasteiger partial charge in [-0.1, -0.05) is 15.9 Å². The van der Waals surface area contributed by atoms with Gasteiger partial charge >= 0.3 is 0 Å². The lowest BCUT2D eigenvalue weighted by molar-refractivity contribution is 0.0985. The average Bonchev–Trinajstić information content (AvgIpc) is 2.67. The predicted molar refractivity (Wildman–Crippen MR) is 106 cm³/mol. The third-order valence-corrected chi connectivity index (χ3v) is 6.32. The lowest BCUT2D eigenvalue weighted by Gasteiger charge is -2.29. The monoisotopic (exact) mass is 447 g/mol. The van der Waals surface area contributed by atoms with Gasteiger partial charge in [0.2, 0.25) is 10.0 Å². The second-order valence-electron chi connectivity index (χ2n) is 6.16. The SMILES string of the molecule is N#CCCNS(=O)(=O)c1ccc(C(=O)N2CCCc3cc(Br)ccc32)cc1. The molecule has 0 radical (unpaired) electrons. The molecular weight excluding hydrogens is 430 g/mol. The van der Waals surface area contributed by atoms with Crippen LogP contribution in [0.25, 0.3) is 0 Å². The first-order valence-electron chi connectivity index (χ1n) is 8.49. The van der Waals surface area contributed by atoms with E-state index in [9.17, 15) is 13.2 Å². The van der Waals surface area contributed by atoms with Crippen LogP contribution in [0, 0.1) is 11.3 Å². The summed E-state index contributed by atoms with van der Waals surface area (Å²) in [5.41, 5.74) is 2.44. The minimum Gasteiger partial charge on any atom is -0.308 e. The molecule has 0 aliphatic carbocycles. The summed E-state index contributed by atoms with van der Waals surface area (Å²) in [7, 11) is -3.68. The maximum absolute atomic E-state index is 12.9. The molecule has 0 aromatic heterocycles. The first-order valence-corrected chi connectivity index (χ1v) is 10.8. The van der Waals surface area contributed by atoms with Crippen LogP contribution < -0.4 is 9.62 Å². The average molecular weight is 448 g/mol. The van der Waals surface area contributed by atoms with Crippen molar-refractivity contribution in [1.82, 2.24) is 4.72 Å². The number of carbonyl (C=O) groups excluding carboxylic acids is 1. The van der Waals surface area contributed by atoms with E-state index < -0.39 is 10.0 Å². The second kappa shape index (κ2) is 8.21. The summed E-state index contributed by atoms with van der Waals surface area (Å²) in [4.78, 5) is 14.7. The van der Waals surface area contributed by atoms with Gasteiger partial charge in [0.05, 0.1) is 11.0 Å². The molecule has 2 aromatic rings. The Hall–Kier alpha value is -2.21. The summed E-state index contributed by atoms with van der Waals surface area (Å²) in [6, 6.07) is 13.6. The molecule has 140 valence electrons. The smallest absolute Gasteiger partial charge is 0.258 e. The predicted octanol–water partition coefficient (Wildman–Crippen LogP) is 3.23. The van der Waals surface area contributed by atoms with Gasteiger partial charge in [0.1, 0.15) is 0 Å². The number of nitrogens with one attached hydrogen (secondary N) is 1. The molecule has 0 atom stereocenters. The van der Waals surface area contributed by atoms with Crippen LogP contribution in [0.2, 0.25) is 0 Å². The van der Waals surface area contributed by atoms with Crippen molar-refractivity contribution in [3.63, 3.8) is 0 Å². The van der Waals surface area contributed by atoms with Crippen molar-refractivity contribution in [1.29, 1.82) is 5.26 Å². The fourth-order valence-corrected chi connectivity index (χ4v) is 4.47. The van der Waals surface area contributed by atoms with Crippen LogP contribution in [0.15, 0.2) is 51.8 Å². The minimum atomic E-state index is -3.68. The molecule has 0 bridgehead atoms. The fraction of sp³-hybridized carbons (Fsp3) is 0.263. The van der Waals surface area contributed by atoms with Crippen molar-refractivity contribution < 1.29 is 13.2 Å². The molecule has 1 aliphatic heterocycles. The molecule has 0 saturated carbocycles. The maximum atomic E-state index is 12.9. The number of nitriles is 1. The third-order valence-electron chi connectivity index (χ3n) is 4.35. The molecule has 3 rings (SSSR count). The standard InChI is InChI=1S/C19H18BrN3O3S/c20-16-6-9-18-15(13-16)3-1-12-23(18)19(24)14-4-7-17(8-5-14)27(25,26)22-11-2-10-21/h4-9,13,22H,1-3,11-12H2. The molecule has 1 aliphatic rings. The number of hydrogen-bond acceptors (Lipinski definition) is 4. The number of amides is 1. The Bertz CT molecular complexity index is 998. The lowest BCUT2D eigenvalue weighted by atomic mass is 10.0. The number of carbonyl (C=O) groups is 1. The van der Waals surface area contributed by atoms with E-state index in [-0.39, 0.29) is 23.8 Å². The van der Waals surface area contributed by atoms with Crippen molar-refractivity contribution in [3.05, 3.63) is 58.1 Å². The van der Waals surface area contributed by atoms with E-state index in [1.807, 2.05) is 24.3 Å². The Kier molecular flexibility index (Phi) is 5.95. The normalized spacial score (nSPS) is 13.7. The minimum absolute atomic E-state index is 0.0552. The van der Waals surface area contributed by atoms with Gasteiger partial charge in [0.15, 0.2) is 0 Å². The highest BCUT2D eigenvalue weighted by molar-refractivity contribution is 9.10. The van der Waals surface area contributed by atoms with E-state index >= 15 is 0 Å². The molecule has 0 spiro atoms. The van der Waals surface area contributed by atoms with Crippen molar-refractivity contribution in [3.8, 4) is 6.07 Å². The van der Waals surface area contributed by atoms with E-state index in [4.69, 9.17) is 5.26 Å². The Labute approximate surface area is 167 Å². The maximum Gasteiger partial charge on any atom is 0.258 e. The number of benzene rings is 2. The van der Waals surface area contributed by atoms with Gasteiger partial charge in [0, 0.05) is 35.2 Å². The summed E-state index contributed by atoms with van der Waals surface area (Å²) < 4.78 is 27.7. The lowest BCUT2D eigenvalue weighted by Crippen LogP contribution is -2.35. The van der Waals surface area contributed by atoms with Crippen LogP contribution in [0.4, 0.5) is 5.69 Å². The quantitative estimate of drug-likeness (QED) is 0.712. The number of nitrogens with zero attached hydrogens (tertiary/aromatic N) is 2. The Morgan fingerprint density at radius 3 is 2.67 bits per heavy atom. The van der Waals surface area contributed by atoms with Gasteiger partial charge in [-0.05, 0) is 60.9 Å². The Morgan fingerprint density at radius 2 is 1.96 bits per heavy atom. The van der Waals surface area contributed by atoms with Gasteiger partial charge < -0.3 is 4.90 Å². The summed E-state index contributed by atoms with van der Waals surface area (Å²) in [5, 5.41) is 8.51. The summed E-state index contributed by atoms with van der Waals surface area (Å²) >= 11 is 3.46. The molecule has 0 saturated heterocycles. The highest BCUT2D eigenvalue weighted by Crippen LogP contribution is 2.31. The first kappa shape index (κ1) is 19.5. The van der Waals surface area contributed by atoms with Crippen LogP contribution in [-0.4, -0.2) is 27.4 Å². The second-order valence-corrected chi connectivity index (χ2v) is 8.85. The molecular formula is C19H18BrN3O3S. The molecule has 0 fully saturated rings. The van der Waals surface area contributed by atoms with Crippen LogP contribution in [-0.2, 0) is 16.4 Å². The molecule has 0 unspecified atom stereocenters. The highest BCUT2D eigenvalue weighted by atomic mass is 79.9. The Balaban J connectivity index is 1.80. The molecule has 1 heterocycles. The Morgan fingerprint density at radius 1 is 1.22 bits per heavy atom. The number of aryl methyl sites for hydroxylation is 1.